The molecule has 0 bridgehead atoms. The molecule has 130 valence electrons. The predicted molar refractivity (Wildman–Crippen MR) is 93.8 cm³/mol. The lowest BCUT2D eigenvalue weighted by atomic mass is 10.1. The fourth-order valence-corrected chi connectivity index (χ4v) is 3.03. The summed E-state index contributed by atoms with van der Waals surface area (Å²) < 4.78 is 6.65. The molecule has 1 unspecified atom stereocenters. The summed E-state index contributed by atoms with van der Waals surface area (Å²) in [5.74, 6) is 0.112. The molecule has 0 saturated heterocycles. The van der Waals surface area contributed by atoms with E-state index in [1.165, 1.54) is 11.8 Å². The number of aryl methyl sites for hydroxylation is 2. The van der Waals surface area contributed by atoms with Gasteiger partial charge >= 0.3 is 0 Å². The molecule has 0 fully saturated rings. The van der Waals surface area contributed by atoms with Gasteiger partial charge in [-0.3, -0.25) is 10.1 Å². The van der Waals surface area contributed by atoms with Crippen LogP contribution in [-0.2, 0) is 4.79 Å². The molecule has 8 nitrogen and oxygen atoms in total. The van der Waals surface area contributed by atoms with E-state index in [1.807, 2.05) is 32.0 Å². The summed E-state index contributed by atoms with van der Waals surface area (Å²) in [6, 6.07) is 7.60. The molecule has 1 atom stereocenters. The number of benzene rings is 1. The Kier molecular flexibility index (Phi) is 4.84. The number of nitrogens with one attached hydrogen (secondary N) is 1. The van der Waals surface area contributed by atoms with Gasteiger partial charge in [0.05, 0.1) is 16.6 Å². The number of carbonyl (C=O) groups excluding carboxylic acids is 1. The summed E-state index contributed by atoms with van der Waals surface area (Å²) in [5, 5.41) is 18.4. The SMILES string of the molecule is Cc1cc(NC(=O)C(C)Sc2nnnn2-c2cccc(C)c2C)on1. The normalized spacial score (nSPS) is 12.2. The van der Waals surface area contributed by atoms with Crippen molar-refractivity contribution >= 4 is 23.6 Å². The third kappa shape index (κ3) is 3.71. The van der Waals surface area contributed by atoms with E-state index in [9.17, 15) is 4.79 Å². The highest BCUT2D eigenvalue weighted by Gasteiger charge is 2.21. The van der Waals surface area contributed by atoms with Crippen molar-refractivity contribution in [2.45, 2.75) is 38.1 Å². The largest absolute Gasteiger partial charge is 0.338 e. The molecule has 2 aromatic heterocycles. The lowest BCUT2D eigenvalue weighted by molar-refractivity contribution is -0.115. The fourth-order valence-electron chi connectivity index (χ4n) is 2.23. The van der Waals surface area contributed by atoms with Crippen molar-refractivity contribution in [2.24, 2.45) is 0 Å². The zero-order valence-corrected chi connectivity index (χ0v) is 15.2. The van der Waals surface area contributed by atoms with Crippen LogP contribution in [0.3, 0.4) is 0 Å². The molecule has 25 heavy (non-hydrogen) atoms. The van der Waals surface area contributed by atoms with Crippen molar-refractivity contribution in [1.82, 2.24) is 25.4 Å². The van der Waals surface area contributed by atoms with Gasteiger partial charge in [0.1, 0.15) is 0 Å². The summed E-state index contributed by atoms with van der Waals surface area (Å²) in [7, 11) is 0. The molecule has 0 saturated carbocycles. The van der Waals surface area contributed by atoms with Crippen LogP contribution in [0.1, 0.15) is 23.7 Å². The first-order chi connectivity index (χ1) is 12.0. The van der Waals surface area contributed by atoms with Crippen molar-refractivity contribution < 1.29 is 9.32 Å². The smallest absolute Gasteiger partial charge is 0.240 e. The van der Waals surface area contributed by atoms with Crippen molar-refractivity contribution in [2.75, 3.05) is 5.32 Å². The molecule has 1 amide bonds. The molecule has 1 N–H and O–H groups in total. The number of thioether (sulfide) groups is 1. The molecular weight excluding hydrogens is 340 g/mol. The van der Waals surface area contributed by atoms with Crippen LogP contribution in [0.15, 0.2) is 33.9 Å². The van der Waals surface area contributed by atoms with E-state index >= 15 is 0 Å². The van der Waals surface area contributed by atoms with E-state index in [0.29, 0.717) is 16.7 Å². The standard InChI is InChI=1S/C16H18N6O2S/c1-9-6-5-7-13(11(9)3)22-16(18-20-21-22)25-12(4)15(23)17-14-8-10(2)19-24-14/h5-8,12H,1-4H3,(H,17,23). The fraction of sp³-hybridized carbons (Fsp3) is 0.312. The van der Waals surface area contributed by atoms with E-state index in [0.717, 1.165) is 16.8 Å². The Morgan fingerprint density at radius 2 is 2.12 bits per heavy atom. The summed E-state index contributed by atoms with van der Waals surface area (Å²) in [4.78, 5) is 12.3. The van der Waals surface area contributed by atoms with Crippen LogP contribution in [0.5, 0.6) is 0 Å². The van der Waals surface area contributed by atoms with Crippen LogP contribution in [-0.4, -0.2) is 36.5 Å². The topological polar surface area (TPSA) is 98.7 Å². The van der Waals surface area contributed by atoms with E-state index in [1.54, 1.807) is 24.6 Å². The van der Waals surface area contributed by atoms with Crippen LogP contribution in [0.2, 0.25) is 0 Å². The van der Waals surface area contributed by atoms with Crippen molar-refractivity contribution in [1.29, 1.82) is 0 Å². The molecule has 3 rings (SSSR count). The van der Waals surface area contributed by atoms with Crippen LogP contribution in [0.25, 0.3) is 5.69 Å². The second-order valence-corrected chi connectivity index (χ2v) is 6.98. The first kappa shape index (κ1) is 17.2. The Bertz CT molecular complexity index is 904. The maximum absolute atomic E-state index is 12.3. The number of hydrogen-bond acceptors (Lipinski definition) is 7. The lowest BCUT2D eigenvalue weighted by Crippen LogP contribution is -2.22. The summed E-state index contributed by atoms with van der Waals surface area (Å²) in [6.07, 6.45) is 0. The molecule has 1 aromatic carbocycles. The minimum absolute atomic E-state index is 0.211. The number of amides is 1. The van der Waals surface area contributed by atoms with Crippen LogP contribution >= 0.6 is 11.8 Å². The van der Waals surface area contributed by atoms with Gasteiger partial charge in [0, 0.05) is 6.07 Å². The second kappa shape index (κ2) is 7.06. The van der Waals surface area contributed by atoms with Crippen molar-refractivity contribution in [3.63, 3.8) is 0 Å². The van der Waals surface area contributed by atoms with Gasteiger partial charge < -0.3 is 4.52 Å². The molecule has 0 radical (unpaired) electrons. The highest BCUT2D eigenvalue weighted by molar-refractivity contribution is 8.00. The van der Waals surface area contributed by atoms with Gasteiger partial charge in [-0.05, 0) is 55.3 Å². The Balaban J connectivity index is 1.76. The van der Waals surface area contributed by atoms with Crippen LogP contribution < -0.4 is 5.32 Å². The molecular formula is C16H18N6O2S. The van der Waals surface area contributed by atoms with E-state index in [2.05, 4.69) is 26.0 Å². The number of nitrogens with zero attached hydrogens (tertiary/aromatic N) is 5. The Morgan fingerprint density at radius 3 is 2.84 bits per heavy atom. The Morgan fingerprint density at radius 1 is 1.32 bits per heavy atom. The molecule has 0 aliphatic carbocycles. The zero-order chi connectivity index (χ0) is 18.0. The quantitative estimate of drug-likeness (QED) is 0.700. The van der Waals surface area contributed by atoms with E-state index in [4.69, 9.17) is 4.52 Å². The zero-order valence-electron chi connectivity index (χ0n) is 14.3. The molecule has 0 aliphatic rings. The number of rotatable bonds is 5. The van der Waals surface area contributed by atoms with Gasteiger partial charge in [-0.15, -0.1) is 5.10 Å². The first-order valence-corrected chi connectivity index (χ1v) is 8.59. The number of anilines is 1. The van der Waals surface area contributed by atoms with E-state index in [-0.39, 0.29) is 5.91 Å². The van der Waals surface area contributed by atoms with Gasteiger partial charge in [0.2, 0.25) is 16.9 Å². The third-order valence-electron chi connectivity index (χ3n) is 3.77. The average molecular weight is 358 g/mol. The first-order valence-electron chi connectivity index (χ1n) is 7.71. The van der Waals surface area contributed by atoms with Gasteiger partial charge in [-0.2, -0.15) is 4.68 Å². The van der Waals surface area contributed by atoms with Gasteiger partial charge in [0.25, 0.3) is 0 Å². The monoisotopic (exact) mass is 358 g/mol. The summed E-state index contributed by atoms with van der Waals surface area (Å²) >= 11 is 1.27. The van der Waals surface area contributed by atoms with Crippen LogP contribution in [0.4, 0.5) is 5.88 Å². The number of aromatic nitrogens is 5. The second-order valence-electron chi connectivity index (χ2n) is 5.67. The maximum atomic E-state index is 12.3. The lowest BCUT2D eigenvalue weighted by Gasteiger charge is -2.12. The van der Waals surface area contributed by atoms with E-state index < -0.39 is 5.25 Å². The number of tetrazole rings is 1. The molecule has 3 aromatic rings. The molecule has 0 aliphatic heterocycles. The molecule has 9 heteroatoms. The van der Waals surface area contributed by atoms with Crippen molar-refractivity contribution in [3.05, 3.63) is 41.1 Å². The van der Waals surface area contributed by atoms with Gasteiger partial charge in [-0.25, -0.2) is 0 Å². The highest BCUT2D eigenvalue weighted by Crippen LogP contribution is 2.26. The Hall–Kier alpha value is -2.68. The molecule has 2 heterocycles. The van der Waals surface area contributed by atoms with Crippen molar-refractivity contribution in [3.8, 4) is 5.69 Å². The predicted octanol–water partition coefficient (Wildman–Crippen LogP) is 2.69. The molecule has 0 spiro atoms. The number of carbonyl (C=O) groups is 1. The highest BCUT2D eigenvalue weighted by atomic mass is 32.2. The maximum Gasteiger partial charge on any atom is 0.240 e. The minimum Gasteiger partial charge on any atom is -0.338 e. The summed E-state index contributed by atoms with van der Waals surface area (Å²) in [5.41, 5.74) is 3.83. The minimum atomic E-state index is -0.416. The Labute approximate surface area is 149 Å². The number of hydrogen-bond donors (Lipinski definition) is 1. The third-order valence-corrected chi connectivity index (χ3v) is 4.80. The summed E-state index contributed by atoms with van der Waals surface area (Å²) in [6.45, 7) is 7.62. The van der Waals surface area contributed by atoms with Gasteiger partial charge in [-0.1, -0.05) is 29.1 Å². The average Bonchev–Trinajstić information content (AvgIpc) is 3.19. The van der Waals surface area contributed by atoms with Gasteiger partial charge in [0.15, 0.2) is 0 Å². The van der Waals surface area contributed by atoms with Crippen LogP contribution in [0, 0.1) is 20.8 Å².